The third-order valence-corrected chi connectivity index (χ3v) is 6.72. The van der Waals surface area contributed by atoms with Gasteiger partial charge >= 0.3 is 12.1 Å². The minimum Gasteiger partial charge on any atom is -0.464 e. The number of esters is 1. The SMILES string of the molecule is CCOC(=O)C1N(C(=O)OC(C)(C)C)CCC12C[SH]2C. The number of rotatable bonds is 2. The van der Waals surface area contributed by atoms with Gasteiger partial charge in [-0.15, -0.1) is 0 Å². The molecule has 2 rings (SSSR count). The number of hydrogen-bond donors (Lipinski definition) is 1. The summed E-state index contributed by atoms with van der Waals surface area (Å²) >= 11 is 0. The molecule has 0 bridgehead atoms. The van der Waals surface area contributed by atoms with E-state index in [0.29, 0.717) is 13.2 Å². The van der Waals surface area contributed by atoms with E-state index < -0.39 is 17.7 Å². The van der Waals surface area contributed by atoms with Crippen LogP contribution < -0.4 is 0 Å². The predicted molar refractivity (Wildman–Crippen MR) is 80.5 cm³/mol. The van der Waals surface area contributed by atoms with Gasteiger partial charge < -0.3 is 9.47 Å². The molecule has 3 unspecified atom stereocenters. The van der Waals surface area contributed by atoms with Crippen molar-refractivity contribution in [2.24, 2.45) is 0 Å². The van der Waals surface area contributed by atoms with Crippen LogP contribution in [0.4, 0.5) is 4.79 Å². The summed E-state index contributed by atoms with van der Waals surface area (Å²) in [5.41, 5.74) is -0.549. The second-order valence-corrected chi connectivity index (χ2v) is 9.14. The number of likely N-dealkylation sites (tertiary alicyclic amines) is 1. The van der Waals surface area contributed by atoms with Gasteiger partial charge in [-0.3, -0.25) is 4.90 Å². The number of carbonyl (C=O) groups is 2. The first kappa shape index (κ1) is 15.5. The number of thiol groups is 1. The van der Waals surface area contributed by atoms with Crippen LogP contribution in [0.2, 0.25) is 0 Å². The van der Waals surface area contributed by atoms with Crippen molar-refractivity contribution < 1.29 is 19.1 Å². The molecule has 0 aromatic heterocycles. The Morgan fingerprint density at radius 2 is 2.00 bits per heavy atom. The van der Waals surface area contributed by atoms with Crippen LogP contribution in [0.5, 0.6) is 0 Å². The van der Waals surface area contributed by atoms with Gasteiger partial charge in [0.15, 0.2) is 0 Å². The number of ether oxygens (including phenoxy) is 2. The number of hydrogen-bond acceptors (Lipinski definition) is 4. The van der Waals surface area contributed by atoms with E-state index in [4.69, 9.17) is 9.47 Å². The Labute approximate surface area is 123 Å². The zero-order valence-electron chi connectivity index (χ0n) is 12.9. The van der Waals surface area contributed by atoms with Crippen LogP contribution in [0.3, 0.4) is 0 Å². The Morgan fingerprint density at radius 3 is 2.45 bits per heavy atom. The van der Waals surface area contributed by atoms with Crippen LogP contribution in [0.1, 0.15) is 34.1 Å². The van der Waals surface area contributed by atoms with Gasteiger partial charge in [-0.05, 0) is 46.1 Å². The number of carbonyl (C=O) groups excluding carboxylic acids is 2. The molecule has 3 atom stereocenters. The smallest absolute Gasteiger partial charge is 0.411 e. The van der Waals surface area contributed by atoms with Crippen molar-refractivity contribution in [3.05, 3.63) is 0 Å². The molecule has 6 heteroatoms. The molecule has 0 saturated carbocycles. The van der Waals surface area contributed by atoms with E-state index in [1.165, 1.54) is 0 Å². The summed E-state index contributed by atoms with van der Waals surface area (Å²) in [6.07, 6.45) is 2.68. The molecular weight excluding hydrogens is 278 g/mol. The van der Waals surface area contributed by atoms with Crippen LogP contribution >= 0.6 is 10.9 Å². The number of amides is 1. The van der Waals surface area contributed by atoms with Gasteiger partial charge in [0.25, 0.3) is 0 Å². The zero-order valence-corrected chi connectivity index (χ0v) is 13.8. The highest BCUT2D eigenvalue weighted by Gasteiger charge is 2.64. The van der Waals surface area contributed by atoms with E-state index in [2.05, 4.69) is 6.26 Å². The maximum atomic E-state index is 12.3. The topological polar surface area (TPSA) is 55.8 Å². The van der Waals surface area contributed by atoms with Crippen LogP contribution in [0, 0.1) is 0 Å². The van der Waals surface area contributed by atoms with E-state index in [0.717, 1.165) is 12.2 Å². The molecule has 2 aliphatic heterocycles. The highest BCUT2D eigenvalue weighted by molar-refractivity contribution is 8.24. The molecule has 2 saturated heterocycles. The fraction of sp³-hybridized carbons (Fsp3) is 0.857. The highest BCUT2D eigenvalue weighted by atomic mass is 32.2. The average Bonchev–Trinajstić information content (AvgIpc) is 2.78. The zero-order chi connectivity index (χ0) is 15.1. The van der Waals surface area contributed by atoms with Crippen LogP contribution in [-0.2, 0) is 14.3 Å². The fourth-order valence-electron chi connectivity index (χ4n) is 2.90. The lowest BCUT2D eigenvalue weighted by Crippen LogP contribution is -2.48. The predicted octanol–water partition coefficient (Wildman–Crippen LogP) is 1.94. The standard InChI is InChI=1S/C14H25NO4S/c1-6-18-11(16)10-14(9-20(14)5)7-8-15(10)12(17)19-13(2,3)4/h10,20H,6-9H2,1-5H3. The lowest BCUT2D eigenvalue weighted by molar-refractivity contribution is -0.148. The Kier molecular flexibility index (Phi) is 3.97. The molecule has 5 nitrogen and oxygen atoms in total. The summed E-state index contributed by atoms with van der Waals surface area (Å²) in [6.45, 7) is 8.22. The first-order valence-electron chi connectivity index (χ1n) is 7.09. The maximum Gasteiger partial charge on any atom is 0.411 e. The fourth-order valence-corrected chi connectivity index (χ4v) is 5.55. The molecule has 2 aliphatic rings. The van der Waals surface area contributed by atoms with Gasteiger partial charge in [-0.2, -0.15) is 0 Å². The average molecular weight is 303 g/mol. The van der Waals surface area contributed by atoms with Crippen molar-refractivity contribution in [2.45, 2.75) is 50.5 Å². The molecule has 2 heterocycles. The first-order chi connectivity index (χ1) is 9.21. The van der Waals surface area contributed by atoms with E-state index >= 15 is 0 Å². The maximum absolute atomic E-state index is 12.3. The van der Waals surface area contributed by atoms with Crippen molar-refractivity contribution in [2.75, 3.05) is 25.2 Å². The van der Waals surface area contributed by atoms with Gasteiger partial charge in [-0.25, -0.2) is 20.5 Å². The second-order valence-electron chi connectivity index (χ2n) is 6.54. The van der Waals surface area contributed by atoms with Crippen LogP contribution in [-0.4, -0.2) is 58.5 Å². The summed E-state index contributed by atoms with van der Waals surface area (Å²) in [6, 6.07) is -0.451. The molecule has 0 aliphatic carbocycles. The monoisotopic (exact) mass is 303 g/mol. The van der Waals surface area contributed by atoms with Gasteiger partial charge in [0.05, 0.1) is 6.61 Å². The van der Waals surface area contributed by atoms with E-state index in [9.17, 15) is 9.59 Å². The van der Waals surface area contributed by atoms with Crippen LogP contribution in [0.25, 0.3) is 0 Å². The normalized spacial score (nSPS) is 34.1. The third-order valence-electron chi connectivity index (χ3n) is 3.91. The van der Waals surface area contributed by atoms with Crippen molar-refractivity contribution in [1.82, 2.24) is 4.90 Å². The van der Waals surface area contributed by atoms with Crippen molar-refractivity contribution in [3.63, 3.8) is 0 Å². The van der Waals surface area contributed by atoms with Crippen LogP contribution in [0.15, 0.2) is 0 Å². The Hall–Kier alpha value is -0.910. The second kappa shape index (κ2) is 5.13. The first-order valence-corrected chi connectivity index (χ1v) is 9.06. The third kappa shape index (κ3) is 2.75. The van der Waals surface area contributed by atoms with Gasteiger partial charge in [0, 0.05) is 11.3 Å². The Bertz CT molecular complexity index is 420. The van der Waals surface area contributed by atoms with E-state index in [-0.39, 0.29) is 21.6 Å². The number of nitrogens with zero attached hydrogens (tertiary/aromatic N) is 1. The minimum absolute atomic E-state index is 0.0154. The lowest BCUT2D eigenvalue weighted by atomic mass is 10.0. The van der Waals surface area contributed by atoms with Gasteiger partial charge in [0.2, 0.25) is 0 Å². The highest BCUT2D eigenvalue weighted by Crippen LogP contribution is 2.65. The molecule has 0 radical (unpaired) electrons. The summed E-state index contributed by atoms with van der Waals surface area (Å²) < 4.78 is 10.6. The minimum atomic E-state index is -0.549. The largest absolute Gasteiger partial charge is 0.464 e. The molecule has 0 aromatic carbocycles. The summed E-state index contributed by atoms with van der Waals surface area (Å²) in [7, 11) is -0.173. The van der Waals surface area contributed by atoms with Crippen molar-refractivity contribution in [3.8, 4) is 0 Å². The van der Waals surface area contributed by atoms with Crippen molar-refractivity contribution in [1.29, 1.82) is 0 Å². The lowest BCUT2D eigenvalue weighted by Gasteiger charge is -2.29. The molecule has 0 aromatic rings. The van der Waals surface area contributed by atoms with Crippen molar-refractivity contribution >= 4 is 23.0 Å². The van der Waals surface area contributed by atoms with E-state index in [1.807, 2.05) is 20.8 Å². The summed E-state index contributed by atoms with van der Waals surface area (Å²) in [5, 5.41) is 0. The summed E-state index contributed by atoms with van der Waals surface area (Å²) in [5.74, 6) is 0.771. The summed E-state index contributed by atoms with van der Waals surface area (Å²) in [4.78, 5) is 26.1. The Morgan fingerprint density at radius 1 is 1.40 bits per heavy atom. The molecule has 1 spiro atoms. The van der Waals surface area contributed by atoms with E-state index in [1.54, 1.807) is 11.8 Å². The molecule has 116 valence electrons. The molecule has 1 amide bonds. The quantitative estimate of drug-likeness (QED) is 0.481. The van der Waals surface area contributed by atoms with Gasteiger partial charge in [-0.1, -0.05) is 0 Å². The molecule has 0 N–H and O–H groups in total. The van der Waals surface area contributed by atoms with Gasteiger partial charge in [0.1, 0.15) is 11.6 Å². The molecular formula is C14H25NO4S. The molecule has 20 heavy (non-hydrogen) atoms. The molecule has 2 fully saturated rings. The Balaban J connectivity index is 2.16.